The van der Waals surface area contributed by atoms with Crippen molar-refractivity contribution in [1.82, 2.24) is 0 Å². The highest BCUT2D eigenvalue weighted by atomic mass is 16.5. The van der Waals surface area contributed by atoms with Crippen LogP contribution in [0.25, 0.3) is 0 Å². The molecule has 4 heteroatoms. The van der Waals surface area contributed by atoms with Crippen LogP contribution in [0.1, 0.15) is 124 Å². The second-order valence-corrected chi connectivity index (χ2v) is 8.20. The number of esters is 1. The number of aliphatic carboxylic acids is 1. The van der Waals surface area contributed by atoms with Gasteiger partial charge in [-0.05, 0) is 18.8 Å². The monoisotopic (exact) mass is 384 g/mol. The van der Waals surface area contributed by atoms with Crippen LogP contribution in [0.5, 0.6) is 0 Å². The van der Waals surface area contributed by atoms with E-state index in [-0.39, 0.29) is 30.8 Å². The Kier molecular flexibility index (Phi) is 17.6. The van der Waals surface area contributed by atoms with Crippen molar-refractivity contribution in [2.75, 3.05) is 0 Å². The standard InChI is InChI=1S/C23H44O4/c1-4-5-6-7-8-9-10-11-12-13-14-15-16-17-21(20(2)3)27-23(26)19-18-22(24)25/h20-21H,4-19H2,1-3H3,(H,24,25). The molecule has 0 aliphatic heterocycles. The summed E-state index contributed by atoms with van der Waals surface area (Å²) in [6.07, 6.45) is 17.9. The average molecular weight is 385 g/mol. The Bertz CT molecular complexity index is 365. The second kappa shape index (κ2) is 18.3. The maximum atomic E-state index is 11.7. The predicted octanol–water partition coefficient (Wildman–Crippen LogP) is 6.90. The normalized spacial score (nSPS) is 12.3. The first-order chi connectivity index (χ1) is 13.0. The van der Waals surface area contributed by atoms with E-state index in [2.05, 4.69) is 20.8 Å². The van der Waals surface area contributed by atoms with E-state index in [1.165, 1.54) is 77.0 Å². The molecule has 0 amide bonds. The zero-order valence-corrected chi connectivity index (χ0v) is 18.1. The highest BCUT2D eigenvalue weighted by Crippen LogP contribution is 2.18. The molecule has 0 bridgehead atoms. The first kappa shape index (κ1) is 25.9. The van der Waals surface area contributed by atoms with Gasteiger partial charge in [0.15, 0.2) is 0 Å². The molecule has 0 aliphatic carbocycles. The van der Waals surface area contributed by atoms with E-state index < -0.39 is 5.97 Å². The van der Waals surface area contributed by atoms with E-state index in [9.17, 15) is 9.59 Å². The first-order valence-corrected chi connectivity index (χ1v) is 11.4. The molecule has 0 saturated carbocycles. The lowest BCUT2D eigenvalue weighted by Crippen LogP contribution is -2.24. The largest absolute Gasteiger partial charge is 0.481 e. The molecular weight excluding hydrogens is 340 g/mol. The number of carboxylic acids is 1. The van der Waals surface area contributed by atoms with Crippen LogP contribution in [-0.4, -0.2) is 23.1 Å². The van der Waals surface area contributed by atoms with Gasteiger partial charge in [0.25, 0.3) is 0 Å². The SMILES string of the molecule is CCCCCCCCCCCCCCCC(OC(=O)CCC(=O)O)C(C)C. The molecule has 0 fully saturated rings. The van der Waals surface area contributed by atoms with Crippen LogP contribution in [0, 0.1) is 5.92 Å². The molecule has 1 N–H and O–H groups in total. The molecule has 160 valence electrons. The van der Waals surface area contributed by atoms with Crippen molar-refractivity contribution < 1.29 is 19.4 Å². The topological polar surface area (TPSA) is 63.6 Å². The molecular formula is C23H44O4. The van der Waals surface area contributed by atoms with Gasteiger partial charge in [-0.15, -0.1) is 0 Å². The zero-order valence-electron chi connectivity index (χ0n) is 18.1. The Labute approximate surface area is 167 Å². The van der Waals surface area contributed by atoms with Gasteiger partial charge in [0.2, 0.25) is 0 Å². The van der Waals surface area contributed by atoms with E-state index in [4.69, 9.17) is 9.84 Å². The van der Waals surface area contributed by atoms with E-state index in [1.807, 2.05) is 0 Å². The van der Waals surface area contributed by atoms with Crippen molar-refractivity contribution >= 4 is 11.9 Å². The summed E-state index contributed by atoms with van der Waals surface area (Å²) in [5, 5.41) is 8.63. The van der Waals surface area contributed by atoms with E-state index >= 15 is 0 Å². The number of ether oxygens (including phenoxy) is 1. The smallest absolute Gasteiger partial charge is 0.306 e. The molecule has 0 aromatic carbocycles. The molecule has 0 aromatic rings. The number of hydrogen-bond acceptors (Lipinski definition) is 3. The summed E-state index contributed by atoms with van der Waals surface area (Å²) in [6, 6.07) is 0. The Morgan fingerprint density at radius 2 is 1.19 bits per heavy atom. The molecule has 0 saturated heterocycles. The van der Waals surface area contributed by atoms with Gasteiger partial charge in [-0.1, -0.05) is 97.8 Å². The summed E-state index contributed by atoms with van der Waals surface area (Å²) >= 11 is 0. The van der Waals surface area contributed by atoms with Crippen molar-refractivity contribution in [3.63, 3.8) is 0 Å². The molecule has 0 radical (unpaired) electrons. The Morgan fingerprint density at radius 1 is 0.741 bits per heavy atom. The fraction of sp³-hybridized carbons (Fsp3) is 0.913. The van der Waals surface area contributed by atoms with Crippen molar-refractivity contribution in [1.29, 1.82) is 0 Å². The minimum atomic E-state index is -0.954. The van der Waals surface area contributed by atoms with E-state index in [1.54, 1.807) is 0 Å². The number of carbonyl (C=O) groups excluding carboxylic acids is 1. The molecule has 0 heterocycles. The molecule has 0 spiro atoms. The second-order valence-electron chi connectivity index (χ2n) is 8.20. The van der Waals surface area contributed by atoms with Gasteiger partial charge < -0.3 is 9.84 Å². The fourth-order valence-corrected chi connectivity index (χ4v) is 3.33. The third-order valence-electron chi connectivity index (χ3n) is 5.16. The number of carbonyl (C=O) groups is 2. The molecule has 27 heavy (non-hydrogen) atoms. The van der Waals surface area contributed by atoms with Gasteiger partial charge in [-0.25, -0.2) is 0 Å². The lowest BCUT2D eigenvalue weighted by Gasteiger charge is -2.21. The summed E-state index contributed by atoms with van der Waals surface area (Å²) in [4.78, 5) is 22.2. The highest BCUT2D eigenvalue weighted by Gasteiger charge is 2.18. The Morgan fingerprint density at radius 3 is 1.59 bits per heavy atom. The van der Waals surface area contributed by atoms with Gasteiger partial charge in [-0.3, -0.25) is 9.59 Å². The van der Waals surface area contributed by atoms with Crippen LogP contribution >= 0.6 is 0 Å². The summed E-state index contributed by atoms with van der Waals surface area (Å²) in [7, 11) is 0. The minimum absolute atomic E-state index is 0.0306. The highest BCUT2D eigenvalue weighted by molar-refractivity contribution is 5.76. The van der Waals surface area contributed by atoms with Crippen molar-refractivity contribution in [2.24, 2.45) is 5.92 Å². The first-order valence-electron chi connectivity index (χ1n) is 11.4. The van der Waals surface area contributed by atoms with E-state index in [0.717, 1.165) is 12.8 Å². The van der Waals surface area contributed by atoms with Crippen LogP contribution in [0.3, 0.4) is 0 Å². The van der Waals surface area contributed by atoms with Gasteiger partial charge in [0.05, 0.1) is 12.8 Å². The summed E-state index contributed by atoms with van der Waals surface area (Å²) in [6.45, 7) is 6.37. The number of hydrogen-bond donors (Lipinski definition) is 1. The molecule has 1 atom stereocenters. The molecule has 0 aliphatic rings. The van der Waals surface area contributed by atoms with Crippen molar-refractivity contribution in [2.45, 2.75) is 130 Å². The average Bonchev–Trinajstić information content (AvgIpc) is 2.62. The maximum Gasteiger partial charge on any atom is 0.306 e. The molecule has 0 aromatic heterocycles. The third-order valence-corrected chi connectivity index (χ3v) is 5.16. The van der Waals surface area contributed by atoms with Crippen LogP contribution < -0.4 is 0 Å². The van der Waals surface area contributed by atoms with Gasteiger partial charge >= 0.3 is 11.9 Å². The Balaban J connectivity index is 3.56. The summed E-state index contributed by atoms with van der Waals surface area (Å²) in [5.41, 5.74) is 0. The van der Waals surface area contributed by atoms with Crippen LogP contribution in [0.4, 0.5) is 0 Å². The number of carboxylic acid groups (broad SMARTS) is 1. The minimum Gasteiger partial charge on any atom is -0.481 e. The molecule has 4 nitrogen and oxygen atoms in total. The van der Waals surface area contributed by atoms with E-state index in [0.29, 0.717) is 0 Å². The fourth-order valence-electron chi connectivity index (χ4n) is 3.33. The van der Waals surface area contributed by atoms with Crippen LogP contribution in [0.2, 0.25) is 0 Å². The van der Waals surface area contributed by atoms with Crippen molar-refractivity contribution in [3.05, 3.63) is 0 Å². The molecule has 1 unspecified atom stereocenters. The summed E-state index contributed by atoms with van der Waals surface area (Å²) in [5.74, 6) is -1.06. The molecule has 0 rings (SSSR count). The van der Waals surface area contributed by atoms with Crippen LogP contribution in [-0.2, 0) is 14.3 Å². The van der Waals surface area contributed by atoms with Crippen molar-refractivity contribution in [3.8, 4) is 0 Å². The predicted molar refractivity (Wildman–Crippen MR) is 112 cm³/mol. The van der Waals surface area contributed by atoms with Gasteiger partial charge in [0, 0.05) is 0 Å². The van der Waals surface area contributed by atoms with Gasteiger partial charge in [0.1, 0.15) is 6.10 Å². The van der Waals surface area contributed by atoms with Crippen LogP contribution in [0.15, 0.2) is 0 Å². The number of unbranched alkanes of at least 4 members (excludes halogenated alkanes) is 12. The third kappa shape index (κ3) is 18.1. The summed E-state index contributed by atoms with van der Waals surface area (Å²) < 4.78 is 5.47. The van der Waals surface area contributed by atoms with Gasteiger partial charge in [-0.2, -0.15) is 0 Å². The zero-order chi connectivity index (χ0) is 20.3. The lowest BCUT2D eigenvalue weighted by molar-refractivity contribution is -0.154. The maximum absolute atomic E-state index is 11.7. The Hall–Kier alpha value is -1.06. The quantitative estimate of drug-likeness (QED) is 0.194. The number of rotatable bonds is 19. The lowest BCUT2D eigenvalue weighted by atomic mass is 9.99.